The number of fused-ring (bicyclic) bond motifs is 6. The highest BCUT2D eigenvalue weighted by molar-refractivity contribution is 5.95. The van der Waals surface area contributed by atoms with Crippen molar-refractivity contribution in [1.82, 2.24) is 0 Å². The summed E-state index contributed by atoms with van der Waals surface area (Å²) in [5.41, 5.74) is 16.3. The fourth-order valence-corrected chi connectivity index (χ4v) is 8.92. The lowest BCUT2D eigenvalue weighted by molar-refractivity contribution is 0.111. The summed E-state index contributed by atoms with van der Waals surface area (Å²) in [4.78, 5) is 24.5. The summed E-state index contributed by atoms with van der Waals surface area (Å²) in [7, 11) is 0. The molecule has 0 radical (unpaired) electrons. The number of rotatable bonds is 6. The van der Waals surface area contributed by atoms with Crippen LogP contribution in [-0.2, 0) is 10.8 Å². The predicted molar refractivity (Wildman–Crippen MR) is 201 cm³/mol. The van der Waals surface area contributed by atoms with Crippen LogP contribution in [0.1, 0.15) is 76.4 Å². The Balaban J connectivity index is 1.46. The minimum Gasteiger partial charge on any atom is -0.298 e. The van der Waals surface area contributed by atoms with Gasteiger partial charge in [0.15, 0.2) is 0 Å². The number of carbonyl (C=O) groups is 2. The zero-order valence-corrected chi connectivity index (χ0v) is 28.0. The van der Waals surface area contributed by atoms with Gasteiger partial charge in [-0.1, -0.05) is 145 Å². The summed E-state index contributed by atoms with van der Waals surface area (Å²) in [6.45, 7) is 4.28. The van der Waals surface area contributed by atoms with Crippen LogP contribution in [0.3, 0.4) is 0 Å². The topological polar surface area (TPSA) is 34.1 Å². The van der Waals surface area contributed by atoms with Gasteiger partial charge in [-0.3, -0.25) is 9.59 Å². The lowest BCUT2D eigenvalue weighted by Crippen LogP contribution is -2.30. The van der Waals surface area contributed by atoms with Gasteiger partial charge in [0.25, 0.3) is 0 Å². The summed E-state index contributed by atoms with van der Waals surface area (Å²) in [5, 5.41) is 0. The van der Waals surface area contributed by atoms with Gasteiger partial charge in [-0.15, -0.1) is 0 Å². The average molecular weight is 643 g/mol. The highest BCUT2D eigenvalue weighted by Gasteiger charge is 2.51. The molecule has 0 aromatic heterocycles. The van der Waals surface area contributed by atoms with Crippen LogP contribution < -0.4 is 0 Å². The SMILES string of the molecule is Cc1ccc(C2(c3ccc(C)cc3)c3ccccc3-c3cc4c(cc32)-c2ccccc2C4(c2cccc(C=O)c2)c2cccc(C=O)c2)cc1. The van der Waals surface area contributed by atoms with E-state index in [2.05, 4.69) is 135 Å². The molecule has 0 spiro atoms. The molecule has 0 N–H and O–H groups in total. The molecule has 0 bridgehead atoms. The zero-order chi connectivity index (χ0) is 34.0. The van der Waals surface area contributed by atoms with Crippen molar-refractivity contribution in [3.8, 4) is 22.3 Å². The summed E-state index contributed by atoms with van der Waals surface area (Å²) < 4.78 is 0. The molecule has 0 heterocycles. The molecule has 0 amide bonds. The second-order valence-electron chi connectivity index (χ2n) is 13.8. The van der Waals surface area contributed by atoms with Crippen LogP contribution in [0.5, 0.6) is 0 Å². The van der Waals surface area contributed by atoms with E-state index < -0.39 is 10.8 Å². The second-order valence-corrected chi connectivity index (χ2v) is 13.8. The van der Waals surface area contributed by atoms with Crippen LogP contribution in [0.4, 0.5) is 0 Å². The number of hydrogen-bond donors (Lipinski definition) is 0. The van der Waals surface area contributed by atoms with Gasteiger partial charge in [-0.25, -0.2) is 0 Å². The molecule has 0 fully saturated rings. The zero-order valence-electron chi connectivity index (χ0n) is 28.0. The highest BCUT2D eigenvalue weighted by atomic mass is 16.1. The van der Waals surface area contributed by atoms with Crippen molar-refractivity contribution in [3.05, 3.63) is 224 Å². The van der Waals surface area contributed by atoms with Gasteiger partial charge in [0.2, 0.25) is 0 Å². The van der Waals surface area contributed by atoms with Crippen LogP contribution >= 0.6 is 0 Å². The van der Waals surface area contributed by atoms with E-state index in [0.717, 1.165) is 46.0 Å². The summed E-state index contributed by atoms with van der Waals surface area (Å²) in [6.07, 6.45) is 1.83. The Kier molecular flexibility index (Phi) is 6.73. The van der Waals surface area contributed by atoms with Crippen LogP contribution in [0.15, 0.2) is 158 Å². The molecule has 2 aliphatic carbocycles. The smallest absolute Gasteiger partial charge is 0.150 e. The molecule has 2 heteroatoms. The Hall–Kier alpha value is -6.12. The molecule has 7 aromatic carbocycles. The maximum atomic E-state index is 12.2. The molecule has 0 saturated carbocycles. The molecule has 7 aromatic rings. The van der Waals surface area contributed by atoms with Crippen molar-refractivity contribution in [3.63, 3.8) is 0 Å². The minimum atomic E-state index is -0.771. The molecule has 50 heavy (non-hydrogen) atoms. The third-order valence-electron chi connectivity index (χ3n) is 11.1. The summed E-state index contributed by atoms with van der Waals surface area (Å²) in [5.74, 6) is 0. The fourth-order valence-electron chi connectivity index (χ4n) is 8.92. The first-order chi connectivity index (χ1) is 24.5. The van der Waals surface area contributed by atoms with Crippen molar-refractivity contribution in [2.45, 2.75) is 24.7 Å². The minimum absolute atomic E-state index is 0.544. The molecule has 9 rings (SSSR count). The fraction of sp³-hybridized carbons (Fsp3) is 0.0833. The molecule has 238 valence electrons. The Labute approximate surface area is 292 Å². The summed E-state index contributed by atoms with van der Waals surface area (Å²) in [6, 6.07) is 56.3. The third-order valence-corrected chi connectivity index (χ3v) is 11.1. The number of benzene rings is 7. The van der Waals surface area contributed by atoms with Crippen molar-refractivity contribution >= 4 is 12.6 Å². The van der Waals surface area contributed by atoms with Gasteiger partial charge in [0, 0.05) is 11.1 Å². The van der Waals surface area contributed by atoms with Crippen LogP contribution in [0.2, 0.25) is 0 Å². The number of aryl methyl sites for hydroxylation is 2. The first-order valence-electron chi connectivity index (χ1n) is 17.1. The van der Waals surface area contributed by atoms with E-state index in [1.54, 1.807) is 0 Å². The van der Waals surface area contributed by atoms with Gasteiger partial charge in [0.1, 0.15) is 12.6 Å². The van der Waals surface area contributed by atoms with Crippen LogP contribution in [-0.4, -0.2) is 12.6 Å². The maximum absolute atomic E-state index is 12.2. The van der Waals surface area contributed by atoms with Gasteiger partial charge in [0.05, 0.1) is 10.8 Å². The summed E-state index contributed by atoms with van der Waals surface area (Å²) >= 11 is 0. The van der Waals surface area contributed by atoms with Crippen molar-refractivity contribution in [2.24, 2.45) is 0 Å². The average Bonchev–Trinajstić information content (AvgIpc) is 3.62. The lowest BCUT2D eigenvalue weighted by atomic mass is 9.65. The lowest BCUT2D eigenvalue weighted by Gasteiger charge is -2.36. The standard InChI is InChI=1S/C48H34O2/c1-31-17-21-35(22-18-31)47(36-23-19-32(2)20-24-36)43-15-5-3-13-39(43)41-28-46-42(27-45(41)47)40-14-4-6-16-44(40)48(46,37-11-7-9-33(25-37)29-49)38-12-8-10-34(26-38)30-50/h3-30H,1-2H3. The highest BCUT2D eigenvalue weighted by Crippen LogP contribution is 2.62. The Morgan fingerprint density at radius 1 is 0.360 bits per heavy atom. The normalized spacial score (nSPS) is 14.3. The Morgan fingerprint density at radius 3 is 1.18 bits per heavy atom. The largest absolute Gasteiger partial charge is 0.298 e. The van der Waals surface area contributed by atoms with Gasteiger partial charge >= 0.3 is 0 Å². The van der Waals surface area contributed by atoms with Gasteiger partial charge in [-0.05, 0) is 105 Å². The van der Waals surface area contributed by atoms with Gasteiger partial charge < -0.3 is 0 Å². The van der Waals surface area contributed by atoms with Crippen molar-refractivity contribution in [1.29, 1.82) is 0 Å². The molecule has 0 unspecified atom stereocenters. The van der Waals surface area contributed by atoms with E-state index in [9.17, 15) is 9.59 Å². The number of hydrogen-bond acceptors (Lipinski definition) is 2. The van der Waals surface area contributed by atoms with E-state index in [0.29, 0.717) is 11.1 Å². The molecule has 2 aliphatic rings. The second kappa shape index (κ2) is 11.2. The third kappa shape index (κ3) is 4.02. The van der Waals surface area contributed by atoms with E-state index in [-0.39, 0.29) is 0 Å². The van der Waals surface area contributed by atoms with Crippen LogP contribution in [0.25, 0.3) is 22.3 Å². The first kappa shape index (κ1) is 30.0. The number of aldehydes is 2. The van der Waals surface area contributed by atoms with Crippen molar-refractivity contribution in [2.75, 3.05) is 0 Å². The molecule has 2 nitrogen and oxygen atoms in total. The van der Waals surface area contributed by atoms with E-state index >= 15 is 0 Å². The van der Waals surface area contributed by atoms with E-state index in [4.69, 9.17) is 0 Å². The maximum Gasteiger partial charge on any atom is 0.150 e. The van der Waals surface area contributed by atoms with Crippen LogP contribution in [0, 0.1) is 13.8 Å². The molecule has 0 saturated heterocycles. The predicted octanol–water partition coefficient (Wildman–Crippen LogP) is 10.7. The van der Waals surface area contributed by atoms with E-state index in [1.807, 2.05) is 36.4 Å². The Bertz CT molecular complexity index is 2390. The van der Waals surface area contributed by atoms with Crippen molar-refractivity contribution < 1.29 is 9.59 Å². The molecular weight excluding hydrogens is 609 g/mol. The molecular formula is C48H34O2. The Morgan fingerprint density at radius 2 is 0.760 bits per heavy atom. The molecule has 0 aliphatic heterocycles. The molecule has 0 atom stereocenters. The van der Waals surface area contributed by atoms with Gasteiger partial charge in [-0.2, -0.15) is 0 Å². The van der Waals surface area contributed by atoms with E-state index in [1.165, 1.54) is 44.5 Å². The monoisotopic (exact) mass is 642 g/mol. The quantitative estimate of drug-likeness (QED) is 0.169. The first-order valence-corrected chi connectivity index (χ1v) is 17.1. The number of carbonyl (C=O) groups excluding carboxylic acids is 2.